The lowest BCUT2D eigenvalue weighted by Gasteiger charge is -2.62. The van der Waals surface area contributed by atoms with E-state index in [9.17, 15) is 30.0 Å². The molecule has 190 valence electrons. The molecule has 7 rings (SSSR count). The van der Waals surface area contributed by atoms with Gasteiger partial charge in [-0.15, -0.1) is 0 Å². The van der Waals surface area contributed by atoms with E-state index in [2.05, 4.69) is 0 Å². The Balaban J connectivity index is 1.43. The van der Waals surface area contributed by atoms with Crippen LogP contribution in [0.25, 0.3) is 0 Å². The molecule has 0 bridgehead atoms. The maximum Gasteiger partial charge on any atom is 0.339 e. The standard InChI is InChI=1S/C25H30O10/c1-20-11(10-5-6-32-9-10)7-14-25(20,34-14)22(3,30)16-15(17(20)27)33-13-8-12(26)23(4)24(31,21(13,16)2)18(28)19(29)35-23/h5-6,9,11,13-18,27-28,30-31H,7-8H2,1-4H3/t11-,13-,14+,15-,16+,17-,18-,20+,21+,22+,23-,24-,25+/m0/s1. The van der Waals surface area contributed by atoms with Crippen molar-refractivity contribution < 1.29 is 48.6 Å². The minimum Gasteiger partial charge on any atom is -0.472 e. The lowest BCUT2D eigenvalue weighted by Crippen LogP contribution is -2.79. The van der Waals surface area contributed by atoms with Crippen molar-refractivity contribution in [2.75, 3.05) is 0 Å². The van der Waals surface area contributed by atoms with Crippen molar-refractivity contribution in [3.8, 4) is 0 Å². The van der Waals surface area contributed by atoms with Crippen LogP contribution in [0.3, 0.4) is 0 Å². The second kappa shape index (κ2) is 5.84. The highest BCUT2D eigenvalue weighted by Gasteiger charge is 2.93. The van der Waals surface area contributed by atoms with Crippen LogP contribution in [-0.4, -0.2) is 85.1 Å². The van der Waals surface area contributed by atoms with Gasteiger partial charge in [-0.1, -0.05) is 13.8 Å². The van der Waals surface area contributed by atoms with Gasteiger partial charge >= 0.3 is 5.97 Å². The van der Waals surface area contributed by atoms with E-state index < -0.39 is 75.3 Å². The summed E-state index contributed by atoms with van der Waals surface area (Å²) in [6, 6.07) is 1.84. The zero-order valence-corrected chi connectivity index (χ0v) is 19.9. The summed E-state index contributed by atoms with van der Waals surface area (Å²) in [6.45, 7) is 6.40. The summed E-state index contributed by atoms with van der Waals surface area (Å²) in [4.78, 5) is 25.7. The number of hydrogen-bond acceptors (Lipinski definition) is 10. The molecule has 1 spiro atoms. The average Bonchev–Trinajstić information content (AvgIpc) is 3.06. The van der Waals surface area contributed by atoms with Crippen LogP contribution in [0.2, 0.25) is 0 Å². The van der Waals surface area contributed by atoms with Gasteiger partial charge in [0.1, 0.15) is 11.2 Å². The molecule has 35 heavy (non-hydrogen) atoms. The highest BCUT2D eigenvalue weighted by molar-refractivity contribution is 5.98. The number of ketones is 1. The van der Waals surface area contributed by atoms with Gasteiger partial charge < -0.3 is 39.1 Å². The Kier molecular flexibility index (Phi) is 3.74. The first-order valence-electron chi connectivity index (χ1n) is 12.2. The van der Waals surface area contributed by atoms with E-state index in [0.29, 0.717) is 6.42 Å². The molecule has 6 aliphatic rings. The van der Waals surface area contributed by atoms with E-state index >= 15 is 0 Å². The molecular formula is C25H30O10. The Labute approximate surface area is 201 Å². The average molecular weight is 491 g/mol. The maximum absolute atomic E-state index is 13.2. The van der Waals surface area contributed by atoms with Crippen LogP contribution >= 0.6 is 0 Å². The van der Waals surface area contributed by atoms with Crippen molar-refractivity contribution in [1.82, 2.24) is 0 Å². The highest BCUT2D eigenvalue weighted by atomic mass is 16.6. The molecule has 10 heteroatoms. The molecule has 1 aromatic heterocycles. The van der Waals surface area contributed by atoms with Gasteiger partial charge in [-0.05, 0) is 31.9 Å². The zero-order valence-electron chi connectivity index (χ0n) is 19.9. The normalized spacial score (nSPS) is 62.0. The summed E-state index contributed by atoms with van der Waals surface area (Å²) in [5.74, 6) is -2.87. The number of hydrogen-bond donors (Lipinski definition) is 4. The van der Waals surface area contributed by atoms with Crippen LogP contribution in [0, 0.1) is 16.7 Å². The van der Waals surface area contributed by atoms with Gasteiger partial charge in [0.15, 0.2) is 23.1 Å². The smallest absolute Gasteiger partial charge is 0.339 e. The van der Waals surface area contributed by atoms with Crippen LogP contribution in [0.4, 0.5) is 0 Å². The molecule has 0 unspecified atom stereocenters. The summed E-state index contributed by atoms with van der Waals surface area (Å²) < 4.78 is 23.2. The summed E-state index contributed by atoms with van der Waals surface area (Å²) in [6.07, 6.45) is -1.98. The number of aliphatic hydroxyl groups is 4. The Morgan fingerprint density at radius 2 is 1.74 bits per heavy atom. The molecule has 3 saturated carbocycles. The number of epoxide rings is 1. The molecular weight excluding hydrogens is 460 g/mol. The number of ether oxygens (including phenoxy) is 3. The second-order valence-corrected chi connectivity index (χ2v) is 12.2. The first-order valence-corrected chi connectivity index (χ1v) is 12.2. The van der Waals surface area contributed by atoms with E-state index in [4.69, 9.17) is 18.6 Å². The van der Waals surface area contributed by atoms with Gasteiger partial charge in [0.05, 0.1) is 36.9 Å². The third kappa shape index (κ3) is 1.87. The molecule has 1 aromatic rings. The van der Waals surface area contributed by atoms with Crippen molar-refractivity contribution in [3.05, 3.63) is 24.2 Å². The van der Waals surface area contributed by atoms with Crippen LogP contribution in [0.5, 0.6) is 0 Å². The fraction of sp³-hybridized carbons (Fsp3) is 0.760. The Bertz CT molecular complexity index is 1160. The fourth-order valence-electron chi connectivity index (χ4n) is 9.60. The largest absolute Gasteiger partial charge is 0.472 e. The van der Waals surface area contributed by atoms with Crippen LogP contribution in [0.15, 0.2) is 23.0 Å². The van der Waals surface area contributed by atoms with Gasteiger partial charge in [-0.2, -0.15) is 0 Å². The minimum absolute atomic E-state index is 0.196. The van der Waals surface area contributed by atoms with Crippen molar-refractivity contribution in [2.24, 2.45) is 16.7 Å². The lowest BCUT2D eigenvalue weighted by atomic mass is 9.43. The molecule has 13 atom stereocenters. The molecule has 4 heterocycles. The molecule has 0 amide bonds. The minimum atomic E-state index is -2.39. The van der Waals surface area contributed by atoms with E-state index in [1.165, 1.54) is 6.92 Å². The van der Waals surface area contributed by atoms with Crippen molar-refractivity contribution in [2.45, 2.75) is 99.4 Å². The molecule has 0 radical (unpaired) electrons. The third-order valence-electron chi connectivity index (χ3n) is 11.3. The van der Waals surface area contributed by atoms with Crippen LogP contribution < -0.4 is 0 Å². The summed E-state index contributed by atoms with van der Waals surface area (Å²) in [5.41, 5.74) is -8.89. The van der Waals surface area contributed by atoms with E-state index in [1.54, 1.807) is 26.4 Å². The summed E-state index contributed by atoms with van der Waals surface area (Å²) in [5, 5.41) is 47.4. The van der Waals surface area contributed by atoms with Gasteiger partial charge in [0, 0.05) is 29.1 Å². The SMILES string of the molecule is C[C@]12[C@H](CC(=O)[C@]3(C)OC(=O)[C@H](O)[C@]13O)O[C@H]1[C@H]2[C@@](C)(O)[C@@]23O[C@@H]2C[C@@H](c2ccoc2)[C@]3(C)[C@H]1O. The van der Waals surface area contributed by atoms with Crippen molar-refractivity contribution in [1.29, 1.82) is 0 Å². The first kappa shape index (κ1) is 22.4. The molecule has 0 aromatic carbocycles. The van der Waals surface area contributed by atoms with E-state index in [0.717, 1.165) is 5.56 Å². The van der Waals surface area contributed by atoms with E-state index in [-0.39, 0.29) is 18.4 Å². The number of Topliss-reactive ketones (excluding diaryl/α,β-unsaturated/α-hetero) is 1. The predicted molar refractivity (Wildman–Crippen MR) is 114 cm³/mol. The molecule has 3 aliphatic carbocycles. The van der Waals surface area contributed by atoms with Gasteiger partial charge in [0.25, 0.3) is 0 Å². The van der Waals surface area contributed by atoms with E-state index in [1.807, 2.05) is 13.0 Å². The van der Waals surface area contributed by atoms with Gasteiger partial charge in [0.2, 0.25) is 0 Å². The Morgan fingerprint density at radius 1 is 1.03 bits per heavy atom. The third-order valence-corrected chi connectivity index (χ3v) is 11.3. The number of rotatable bonds is 1. The monoisotopic (exact) mass is 490 g/mol. The van der Waals surface area contributed by atoms with Gasteiger partial charge in [-0.25, -0.2) is 4.79 Å². The molecule has 3 saturated heterocycles. The molecule has 4 N–H and O–H groups in total. The maximum atomic E-state index is 13.2. The fourth-order valence-corrected chi connectivity index (χ4v) is 9.60. The first-order chi connectivity index (χ1) is 16.2. The Hall–Kier alpha value is -1.82. The number of fused-ring (bicyclic) bond motifs is 5. The quantitative estimate of drug-likeness (QED) is 0.307. The summed E-state index contributed by atoms with van der Waals surface area (Å²) in [7, 11) is 0. The molecule has 10 nitrogen and oxygen atoms in total. The van der Waals surface area contributed by atoms with Crippen molar-refractivity contribution >= 4 is 11.8 Å². The second-order valence-electron chi connectivity index (χ2n) is 12.2. The van der Waals surface area contributed by atoms with Crippen LogP contribution in [0.1, 0.15) is 52.0 Å². The Morgan fingerprint density at radius 3 is 2.40 bits per heavy atom. The zero-order chi connectivity index (χ0) is 25.1. The number of carbonyl (C=O) groups excluding carboxylic acids is 2. The topological polar surface area (TPSA) is 159 Å². The summed E-state index contributed by atoms with van der Waals surface area (Å²) >= 11 is 0. The number of aliphatic hydroxyl groups excluding tert-OH is 2. The number of esters is 1. The molecule has 3 aliphatic heterocycles. The lowest BCUT2D eigenvalue weighted by molar-refractivity contribution is -0.272. The number of carbonyl (C=O) groups is 2. The highest BCUT2D eigenvalue weighted by Crippen LogP contribution is 2.79. The molecule has 6 fully saturated rings. The predicted octanol–water partition coefficient (Wildman–Crippen LogP) is -0.193. The van der Waals surface area contributed by atoms with Gasteiger partial charge in [-0.3, -0.25) is 4.79 Å². The van der Waals surface area contributed by atoms with Crippen molar-refractivity contribution in [3.63, 3.8) is 0 Å². The van der Waals surface area contributed by atoms with Crippen LogP contribution in [-0.2, 0) is 23.8 Å². The number of furan rings is 1.